The van der Waals surface area contributed by atoms with Crippen LogP contribution < -0.4 is 10.1 Å². The van der Waals surface area contributed by atoms with E-state index in [1.165, 1.54) is 5.56 Å². The summed E-state index contributed by atoms with van der Waals surface area (Å²) in [6.45, 7) is 8.23. The van der Waals surface area contributed by atoms with Crippen LogP contribution in [0.25, 0.3) is 0 Å². The molecule has 0 radical (unpaired) electrons. The van der Waals surface area contributed by atoms with E-state index in [1.54, 1.807) is 7.11 Å². The summed E-state index contributed by atoms with van der Waals surface area (Å²) in [5.74, 6) is 0.918. The molecule has 0 aromatic heterocycles. The molecule has 0 aliphatic heterocycles. The van der Waals surface area contributed by atoms with Gasteiger partial charge in [0.15, 0.2) is 0 Å². The number of hydrogen-bond acceptors (Lipinski definition) is 3. The van der Waals surface area contributed by atoms with E-state index in [-0.39, 0.29) is 6.10 Å². The lowest BCUT2D eigenvalue weighted by Gasteiger charge is -2.27. The number of methoxy groups -OCH3 is 1. The fourth-order valence-corrected chi connectivity index (χ4v) is 2.45. The maximum atomic E-state index is 5.89. The summed E-state index contributed by atoms with van der Waals surface area (Å²) >= 11 is 0. The Bertz CT molecular complexity index is 368. The second-order valence-corrected chi connectivity index (χ2v) is 5.02. The summed E-state index contributed by atoms with van der Waals surface area (Å²) in [7, 11) is 1.71. The molecule has 2 atom stereocenters. The van der Waals surface area contributed by atoms with Crippen LogP contribution in [0, 0.1) is 0 Å². The third kappa shape index (κ3) is 5.51. The number of rotatable bonds is 10. The molecule has 0 saturated heterocycles. The van der Waals surface area contributed by atoms with Gasteiger partial charge in [0.1, 0.15) is 5.75 Å². The normalized spacial score (nSPS) is 14.0. The average Bonchev–Trinajstić information content (AvgIpc) is 2.49. The zero-order valence-electron chi connectivity index (χ0n) is 13.3. The van der Waals surface area contributed by atoms with Crippen molar-refractivity contribution in [3.8, 4) is 5.75 Å². The van der Waals surface area contributed by atoms with E-state index in [0.29, 0.717) is 6.04 Å². The van der Waals surface area contributed by atoms with Crippen molar-refractivity contribution < 1.29 is 9.47 Å². The number of ether oxygens (including phenoxy) is 2. The SMILES string of the molecule is CCCNC(Cc1cccc(OC)c1)C(CC)OCC. The van der Waals surface area contributed by atoms with Crippen LogP contribution in [0.4, 0.5) is 0 Å². The van der Waals surface area contributed by atoms with Gasteiger partial charge in [-0.05, 0) is 50.4 Å². The molecule has 0 saturated carbocycles. The zero-order valence-corrected chi connectivity index (χ0v) is 13.3. The Morgan fingerprint density at radius 1 is 1.20 bits per heavy atom. The van der Waals surface area contributed by atoms with E-state index < -0.39 is 0 Å². The molecule has 20 heavy (non-hydrogen) atoms. The summed E-state index contributed by atoms with van der Waals surface area (Å²) < 4.78 is 11.2. The minimum Gasteiger partial charge on any atom is -0.497 e. The van der Waals surface area contributed by atoms with Gasteiger partial charge >= 0.3 is 0 Å². The van der Waals surface area contributed by atoms with Gasteiger partial charge < -0.3 is 14.8 Å². The van der Waals surface area contributed by atoms with Gasteiger partial charge in [0.05, 0.1) is 13.2 Å². The Labute approximate surface area is 123 Å². The van der Waals surface area contributed by atoms with Gasteiger partial charge in [-0.3, -0.25) is 0 Å². The highest BCUT2D eigenvalue weighted by Crippen LogP contribution is 2.17. The molecule has 1 rings (SSSR count). The second-order valence-electron chi connectivity index (χ2n) is 5.02. The largest absolute Gasteiger partial charge is 0.497 e. The Hall–Kier alpha value is -1.06. The Morgan fingerprint density at radius 3 is 2.60 bits per heavy atom. The molecular weight excluding hydrogens is 250 g/mol. The van der Waals surface area contributed by atoms with Gasteiger partial charge in [0.25, 0.3) is 0 Å². The molecule has 0 aliphatic rings. The minimum atomic E-state index is 0.262. The predicted octanol–water partition coefficient (Wildman–Crippen LogP) is 3.42. The quantitative estimate of drug-likeness (QED) is 0.712. The first-order chi connectivity index (χ1) is 9.74. The van der Waals surface area contributed by atoms with E-state index in [9.17, 15) is 0 Å². The van der Waals surface area contributed by atoms with Gasteiger partial charge in [-0.1, -0.05) is 26.0 Å². The van der Waals surface area contributed by atoms with Crippen LogP contribution in [0.5, 0.6) is 5.75 Å². The van der Waals surface area contributed by atoms with Crippen molar-refractivity contribution >= 4 is 0 Å². The van der Waals surface area contributed by atoms with Crippen molar-refractivity contribution in [2.75, 3.05) is 20.3 Å². The topological polar surface area (TPSA) is 30.5 Å². The van der Waals surface area contributed by atoms with Gasteiger partial charge in [0, 0.05) is 12.6 Å². The lowest BCUT2D eigenvalue weighted by molar-refractivity contribution is 0.0319. The Kier molecular flexibility index (Phi) is 8.31. The predicted molar refractivity (Wildman–Crippen MR) is 84.5 cm³/mol. The first kappa shape index (κ1) is 17.0. The number of nitrogens with one attached hydrogen (secondary N) is 1. The molecule has 0 aliphatic carbocycles. The fourth-order valence-electron chi connectivity index (χ4n) is 2.45. The maximum absolute atomic E-state index is 5.89. The third-order valence-corrected chi connectivity index (χ3v) is 3.48. The van der Waals surface area contributed by atoms with E-state index in [2.05, 4.69) is 38.2 Å². The average molecular weight is 279 g/mol. The van der Waals surface area contributed by atoms with Crippen molar-refractivity contribution in [2.45, 2.75) is 52.2 Å². The van der Waals surface area contributed by atoms with Crippen molar-refractivity contribution in [2.24, 2.45) is 0 Å². The van der Waals surface area contributed by atoms with Gasteiger partial charge in [-0.15, -0.1) is 0 Å². The first-order valence-electron chi connectivity index (χ1n) is 7.73. The van der Waals surface area contributed by atoms with Crippen LogP contribution in [-0.2, 0) is 11.2 Å². The zero-order chi connectivity index (χ0) is 14.8. The Morgan fingerprint density at radius 2 is 2.00 bits per heavy atom. The molecule has 2 unspecified atom stereocenters. The molecule has 0 spiro atoms. The van der Waals surface area contributed by atoms with Gasteiger partial charge in [-0.2, -0.15) is 0 Å². The van der Waals surface area contributed by atoms with E-state index >= 15 is 0 Å². The molecule has 3 nitrogen and oxygen atoms in total. The highest BCUT2D eigenvalue weighted by molar-refractivity contribution is 5.29. The molecule has 0 fully saturated rings. The summed E-state index contributed by atoms with van der Waals surface area (Å²) in [5, 5.41) is 3.63. The monoisotopic (exact) mass is 279 g/mol. The molecule has 0 amide bonds. The third-order valence-electron chi connectivity index (χ3n) is 3.48. The molecule has 114 valence electrons. The molecule has 1 aromatic carbocycles. The summed E-state index contributed by atoms with van der Waals surface area (Å²) in [4.78, 5) is 0. The fraction of sp³-hybridized carbons (Fsp3) is 0.647. The van der Waals surface area contributed by atoms with Crippen LogP contribution >= 0.6 is 0 Å². The van der Waals surface area contributed by atoms with Crippen molar-refractivity contribution in [3.05, 3.63) is 29.8 Å². The van der Waals surface area contributed by atoms with Crippen LogP contribution in [0.3, 0.4) is 0 Å². The smallest absolute Gasteiger partial charge is 0.119 e. The lowest BCUT2D eigenvalue weighted by Crippen LogP contribution is -2.43. The van der Waals surface area contributed by atoms with E-state index in [4.69, 9.17) is 9.47 Å². The molecule has 0 heterocycles. The van der Waals surface area contributed by atoms with Crippen LogP contribution in [0.15, 0.2) is 24.3 Å². The van der Waals surface area contributed by atoms with Crippen LogP contribution in [0.2, 0.25) is 0 Å². The lowest BCUT2D eigenvalue weighted by atomic mass is 9.99. The highest BCUT2D eigenvalue weighted by Gasteiger charge is 2.20. The molecular formula is C17H29NO2. The summed E-state index contributed by atoms with van der Waals surface area (Å²) in [6, 6.07) is 8.65. The van der Waals surface area contributed by atoms with Gasteiger partial charge in [-0.25, -0.2) is 0 Å². The number of benzene rings is 1. The molecule has 1 aromatic rings. The van der Waals surface area contributed by atoms with Crippen LogP contribution in [-0.4, -0.2) is 32.4 Å². The standard InChI is InChI=1S/C17H29NO2/c1-5-11-18-16(17(6-2)20-7-3)13-14-9-8-10-15(12-14)19-4/h8-10,12,16-18H,5-7,11,13H2,1-4H3. The van der Waals surface area contributed by atoms with Crippen molar-refractivity contribution in [1.29, 1.82) is 0 Å². The van der Waals surface area contributed by atoms with Crippen molar-refractivity contribution in [3.63, 3.8) is 0 Å². The summed E-state index contributed by atoms with van der Waals surface area (Å²) in [5.41, 5.74) is 1.29. The molecule has 1 N–H and O–H groups in total. The van der Waals surface area contributed by atoms with E-state index in [0.717, 1.165) is 38.2 Å². The first-order valence-corrected chi connectivity index (χ1v) is 7.73. The molecule has 0 bridgehead atoms. The molecule has 3 heteroatoms. The maximum Gasteiger partial charge on any atom is 0.119 e. The highest BCUT2D eigenvalue weighted by atomic mass is 16.5. The number of hydrogen-bond donors (Lipinski definition) is 1. The Balaban J connectivity index is 2.75. The van der Waals surface area contributed by atoms with Gasteiger partial charge in [0.2, 0.25) is 0 Å². The second kappa shape index (κ2) is 9.78. The van der Waals surface area contributed by atoms with Crippen LogP contribution in [0.1, 0.15) is 39.2 Å². The van der Waals surface area contributed by atoms with E-state index in [1.807, 2.05) is 12.1 Å². The summed E-state index contributed by atoms with van der Waals surface area (Å²) in [6.07, 6.45) is 3.39. The minimum absolute atomic E-state index is 0.262. The van der Waals surface area contributed by atoms with Crippen molar-refractivity contribution in [1.82, 2.24) is 5.32 Å².